The standard InChI is InChI=1S/C15H25FN2/c1-3-5-6-7-8-15(18-10-4-2)13-9-11-17-12-14(13)16/h9,11-12,15,18H,3-8,10H2,1-2H3. The highest BCUT2D eigenvalue weighted by Gasteiger charge is 2.14. The molecule has 0 fully saturated rings. The van der Waals surface area contributed by atoms with Crippen molar-refractivity contribution in [2.45, 2.75) is 58.4 Å². The van der Waals surface area contributed by atoms with Gasteiger partial charge < -0.3 is 5.32 Å². The van der Waals surface area contributed by atoms with Crippen LogP contribution in [0.5, 0.6) is 0 Å². The molecule has 0 amide bonds. The van der Waals surface area contributed by atoms with E-state index in [2.05, 4.69) is 24.1 Å². The monoisotopic (exact) mass is 252 g/mol. The first-order valence-corrected chi connectivity index (χ1v) is 7.12. The molecule has 102 valence electrons. The van der Waals surface area contributed by atoms with Crippen LogP contribution in [0.1, 0.15) is 64.0 Å². The Morgan fingerprint density at radius 2 is 2.06 bits per heavy atom. The van der Waals surface area contributed by atoms with Gasteiger partial charge in [0, 0.05) is 17.8 Å². The summed E-state index contributed by atoms with van der Waals surface area (Å²) in [5.74, 6) is -0.193. The van der Waals surface area contributed by atoms with Crippen molar-refractivity contribution in [3.63, 3.8) is 0 Å². The van der Waals surface area contributed by atoms with E-state index < -0.39 is 0 Å². The predicted octanol–water partition coefficient (Wildman–Crippen LogP) is 4.23. The normalized spacial score (nSPS) is 12.6. The van der Waals surface area contributed by atoms with Crippen LogP contribution in [0.15, 0.2) is 18.5 Å². The molecule has 0 bridgehead atoms. The topological polar surface area (TPSA) is 24.9 Å². The van der Waals surface area contributed by atoms with Crippen molar-refractivity contribution in [1.82, 2.24) is 10.3 Å². The molecular formula is C15H25FN2. The molecule has 2 nitrogen and oxygen atoms in total. The highest BCUT2D eigenvalue weighted by atomic mass is 19.1. The van der Waals surface area contributed by atoms with Gasteiger partial charge in [0.2, 0.25) is 0 Å². The van der Waals surface area contributed by atoms with Crippen LogP contribution in [-0.2, 0) is 0 Å². The molecule has 1 heterocycles. The van der Waals surface area contributed by atoms with Crippen LogP contribution in [0.3, 0.4) is 0 Å². The summed E-state index contributed by atoms with van der Waals surface area (Å²) in [6.45, 7) is 5.26. The summed E-state index contributed by atoms with van der Waals surface area (Å²) in [6.07, 6.45) is 9.92. The van der Waals surface area contributed by atoms with Crippen LogP contribution in [-0.4, -0.2) is 11.5 Å². The predicted molar refractivity (Wildman–Crippen MR) is 74.0 cm³/mol. The van der Waals surface area contributed by atoms with Crippen molar-refractivity contribution in [2.24, 2.45) is 0 Å². The van der Waals surface area contributed by atoms with E-state index in [-0.39, 0.29) is 11.9 Å². The second-order valence-electron chi connectivity index (χ2n) is 4.75. The fourth-order valence-corrected chi connectivity index (χ4v) is 2.13. The van der Waals surface area contributed by atoms with Crippen molar-refractivity contribution in [3.8, 4) is 0 Å². The fraction of sp³-hybridized carbons (Fsp3) is 0.667. The van der Waals surface area contributed by atoms with Crippen LogP contribution >= 0.6 is 0 Å². The maximum atomic E-state index is 13.7. The average molecular weight is 252 g/mol. The third-order valence-electron chi connectivity index (χ3n) is 3.17. The highest BCUT2D eigenvalue weighted by molar-refractivity contribution is 5.17. The minimum atomic E-state index is -0.193. The summed E-state index contributed by atoms with van der Waals surface area (Å²) in [6, 6.07) is 1.92. The van der Waals surface area contributed by atoms with Gasteiger partial charge in [-0.3, -0.25) is 4.98 Å². The Bertz CT molecular complexity index is 328. The molecule has 1 atom stereocenters. The molecular weight excluding hydrogens is 227 g/mol. The van der Waals surface area contributed by atoms with E-state index in [4.69, 9.17) is 0 Å². The van der Waals surface area contributed by atoms with Gasteiger partial charge in [-0.05, 0) is 25.5 Å². The molecule has 1 unspecified atom stereocenters. The van der Waals surface area contributed by atoms with E-state index in [9.17, 15) is 4.39 Å². The number of hydrogen-bond donors (Lipinski definition) is 1. The maximum absolute atomic E-state index is 13.7. The smallest absolute Gasteiger partial charge is 0.146 e. The summed E-state index contributed by atoms with van der Waals surface area (Å²) < 4.78 is 13.7. The summed E-state index contributed by atoms with van der Waals surface area (Å²) in [5.41, 5.74) is 0.759. The lowest BCUT2D eigenvalue weighted by atomic mass is 10.0. The first-order chi connectivity index (χ1) is 8.79. The number of nitrogens with one attached hydrogen (secondary N) is 1. The summed E-state index contributed by atoms with van der Waals surface area (Å²) in [5, 5.41) is 3.44. The number of rotatable bonds is 9. The molecule has 0 saturated carbocycles. The molecule has 0 aliphatic carbocycles. The molecule has 1 N–H and O–H groups in total. The number of unbranched alkanes of at least 4 members (excludes halogenated alkanes) is 3. The summed E-state index contributed by atoms with van der Waals surface area (Å²) in [4.78, 5) is 3.81. The van der Waals surface area contributed by atoms with Gasteiger partial charge in [-0.2, -0.15) is 0 Å². The molecule has 1 aromatic heterocycles. The van der Waals surface area contributed by atoms with Gasteiger partial charge >= 0.3 is 0 Å². The van der Waals surface area contributed by atoms with E-state index in [1.807, 2.05) is 0 Å². The van der Waals surface area contributed by atoms with Crippen molar-refractivity contribution in [2.75, 3.05) is 6.54 Å². The summed E-state index contributed by atoms with van der Waals surface area (Å²) in [7, 11) is 0. The molecule has 0 saturated heterocycles. The Balaban J connectivity index is 2.57. The highest BCUT2D eigenvalue weighted by Crippen LogP contribution is 2.22. The average Bonchev–Trinajstić information content (AvgIpc) is 2.39. The van der Waals surface area contributed by atoms with Crippen molar-refractivity contribution >= 4 is 0 Å². The van der Waals surface area contributed by atoms with Gasteiger partial charge in [-0.25, -0.2) is 4.39 Å². The number of aromatic nitrogens is 1. The lowest BCUT2D eigenvalue weighted by Gasteiger charge is -2.19. The van der Waals surface area contributed by atoms with E-state index in [1.54, 1.807) is 12.3 Å². The van der Waals surface area contributed by atoms with Crippen molar-refractivity contribution < 1.29 is 4.39 Å². The quantitative estimate of drug-likeness (QED) is 0.665. The number of halogens is 1. The molecule has 0 aliphatic rings. The van der Waals surface area contributed by atoms with E-state index in [0.29, 0.717) is 0 Å². The zero-order valence-corrected chi connectivity index (χ0v) is 11.6. The maximum Gasteiger partial charge on any atom is 0.146 e. The molecule has 0 radical (unpaired) electrons. The molecule has 1 aromatic rings. The zero-order chi connectivity index (χ0) is 13.2. The first-order valence-electron chi connectivity index (χ1n) is 7.12. The van der Waals surface area contributed by atoms with Crippen molar-refractivity contribution in [3.05, 3.63) is 29.8 Å². The van der Waals surface area contributed by atoms with Crippen LogP contribution in [0.2, 0.25) is 0 Å². The van der Waals surface area contributed by atoms with Gasteiger partial charge in [-0.15, -0.1) is 0 Å². The van der Waals surface area contributed by atoms with Gasteiger partial charge in [0.15, 0.2) is 0 Å². The zero-order valence-electron chi connectivity index (χ0n) is 11.6. The Morgan fingerprint density at radius 3 is 2.72 bits per heavy atom. The van der Waals surface area contributed by atoms with Crippen LogP contribution < -0.4 is 5.32 Å². The fourth-order valence-electron chi connectivity index (χ4n) is 2.13. The third kappa shape index (κ3) is 5.13. The third-order valence-corrected chi connectivity index (χ3v) is 3.17. The number of nitrogens with zero attached hydrogens (tertiary/aromatic N) is 1. The molecule has 18 heavy (non-hydrogen) atoms. The second kappa shape index (κ2) is 9.03. The Labute approximate surface area is 110 Å². The molecule has 0 spiro atoms. The number of pyridine rings is 1. The SMILES string of the molecule is CCCCCCC(NCCC)c1ccncc1F. The van der Waals surface area contributed by atoms with E-state index in [0.717, 1.165) is 31.4 Å². The molecule has 3 heteroatoms. The van der Waals surface area contributed by atoms with E-state index in [1.165, 1.54) is 25.5 Å². The van der Waals surface area contributed by atoms with Crippen molar-refractivity contribution in [1.29, 1.82) is 0 Å². The minimum absolute atomic E-state index is 0.129. The Kier molecular flexibility index (Phi) is 7.58. The Hall–Kier alpha value is -0.960. The van der Waals surface area contributed by atoms with Gasteiger partial charge in [-0.1, -0.05) is 39.5 Å². The summed E-state index contributed by atoms with van der Waals surface area (Å²) >= 11 is 0. The molecule has 0 aliphatic heterocycles. The number of hydrogen-bond acceptors (Lipinski definition) is 2. The minimum Gasteiger partial charge on any atom is -0.310 e. The lowest BCUT2D eigenvalue weighted by molar-refractivity contribution is 0.450. The molecule has 0 aromatic carbocycles. The first kappa shape index (κ1) is 15.1. The van der Waals surface area contributed by atoms with Crippen LogP contribution in [0.4, 0.5) is 4.39 Å². The van der Waals surface area contributed by atoms with Crippen LogP contribution in [0, 0.1) is 5.82 Å². The second-order valence-corrected chi connectivity index (χ2v) is 4.75. The lowest BCUT2D eigenvalue weighted by Crippen LogP contribution is -2.23. The van der Waals surface area contributed by atoms with Crippen LogP contribution in [0.25, 0.3) is 0 Å². The van der Waals surface area contributed by atoms with E-state index >= 15 is 0 Å². The van der Waals surface area contributed by atoms with Gasteiger partial charge in [0.1, 0.15) is 5.82 Å². The largest absolute Gasteiger partial charge is 0.310 e. The van der Waals surface area contributed by atoms with Gasteiger partial charge in [0.25, 0.3) is 0 Å². The Morgan fingerprint density at radius 1 is 1.22 bits per heavy atom. The van der Waals surface area contributed by atoms with Gasteiger partial charge in [0.05, 0.1) is 6.20 Å². The molecule has 1 rings (SSSR count).